The Kier molecular flexibility index (Phi) is 7.05. The van der Waals surface area contributed by atoms with Crippen LogP contribution in [-0.4, -0.2) is 36.7 Å². The van der Waals surface area contributed by atoms with Crippen molar-refractivity contribution < 1.29 is 19.1 Å². The normalized spacial score (nSPS) is 14.2. The number of thioether (sulfide) groups is 1. The average molecular weight is 453 g/mol. The highest BCUT2D eigenvalue weighted by Gasteiger charge is 2.27. The highest BCUT2D eigenvalue weighted by Crippen LogP contribution is 2.34. The lowest BCUT2D eigenvalue weighted by Gasteiger charge is -2.27. The molecule has 1 unspecified atom stereocenters. The summed E-state index contributed by atoms with van der Waals surface area (Å²) < 4.78 is 5.05. The first kappa shape index (κ1) is 21.5. The summed E-state index contributed by atoms with van der Waals surface area (Å²) in [5, 5.41) is 3.54. The zero-order chi connectivity index (χ0) is 21.0. The van der Waals surface area contributed by atoms with Crippen molar-refractivity contribution in [1.82, 2.24) is 5.32 Å². The summed E-state index contributed by atoms with van der Waals surface area (Å²) in [4.78, 5) is 38.8. The van der Waals surface area contributed by atoms with Gasteiger partial charge in [0, 0.05) is 4.90 Å². The van der Waals surface area contributed by atoms with Crippen LogP contribution in [0.1, 0.15) is 18.5 Å². The fourth-order valence-corrected chi connectivity index (χ4v) is 4.04. The fourth-order valence-electron chi connectivity index (χ4n) is 2.80. The van der Waals surface area contributed by atoms with Crippen molar-refractivity contribution >= 4 is 58.4 Å². The number of halogens is 2. The zero-order valence-corrected chi connectivity index (χ0v) is 17.8. The molecular weight excluding hydrogens is 435 g/mol. The second-order valence-electron chi connectivity index (χ2n) is 6.36. The van der Waals surface area contributed by atoms with Gasteiger partial charge in [-0.15, -0.1) is 11.8 Å². The van der Waals surface area contributed by atoms with Gasteiger partial charge < -0.3 is 10.1 Å². The van der Waals surface area contributed by atoms with Gasteiger partial charge in [0.1, 0.15) is 6.54 Å². The Balaban J connectivity index is 1.52. The number of esters is 1. The summed E-state index contributed by atoms with van der Waals surface area (Å²) in [5.41, 5.74) is 1.44. The largest absolute Gasteiger partial charge is 0.454 e. The predicted molar refractivity (Wildman–Crippen MR) is 113 cm³/mol. The van der Waals surface area contributed by atoms with Gasteiger partial charge in [-0.05, 0) is 36.8 Å². The fraction of sp³-hybridized carbons (Fsp3) is 0.250. The van der Waals surface area contributed by atoms with Gasteiger partial charge in [0.15, 0.2) is 6.61 Å². The van der Waals surface area contributed by atoms with E-state index in [0.717, 1.165) is 10.5 Å². The number of carbonyl (C=O) groups is 3. The van der Waals surface area contributed by atoms with Crippen LogP contribution in [0.5, 0.6) is 0 Å². The summed E-state index contributed by atoms with van der Waals surface area (Å²) in [6.45, 7) is 1.09. The molecule has 152 valence electrons. The van der Waals surface area contributed by atoms with E-state index >= 15 is 0 Å². The smallest absolute Gasteiger partial charge is 0.326 e. The Bertz CT molecular complexity index is 954. The van der Waals surface area contributed by atoms with Crippen LogP contribution in [0.4, 0.5) is 5.69 Å². The Labute approximate surface area is 182 Å². The van der Waals surface area contributed by atoms with E-state index < -0.39 is 18.5 Å². The van der Waals surface area contributed by atoms with Crippen molar-refractivity contribution in [3.63, 3.8) is 0 Å². The van der Waals surface area contributed by atoms with Crippen molar-refractivity contribution in [2.75, 3.05) is 23.8 Å². The zero-order valence-electron chi connectivity index (χ0n) is 15.5. The Morgan fingerprint density at radius 3 is 2.72 bits per heavy atom. The third kappa shape index (κ3) is 5.44. The molecule has 0 saturated carbocycles. The van der Waals surface area contributed by atoms with Gasteiger partial charge in [-0.2, -0.15) is 0 Å². The molecule has 0 saturated heterocycles. The number of ether oxygens (including phenoxy) is 1. The molecule has 0 fully saturated rings. The molecule has 2 amide bonds. The van der Waals surface area contributed by atoms with Crippen LogP contribution < -0.4 is 10.2 Å². The second kappa shape index (κ2) is 9.52. The molecule has 1 heterocycles. The maximum Gasteiger partial charge on any atom is 0.326 e. The number of nitrogens with one attached hydrogen (secondary N) is 1. The second-order valence-corrected chi connectivity index (χ2v) is 8.19. The van der Waals surface area contributed by atoms with Crippen molar-refractivity contribution in [2.24, 2.45) is 0 Å². The van der Waals surface area contributed by atoms with Crippen LogP contribution in [0.2, 0.25) is 10.0 Å². The topological polar surface area (TPSA) is 75.7 Å². The monoisotopic (exact) mass is 452 g/mol. The summed E-state index contributed by atoms with van der Waals surface area (Å²) >= 11 is 13.3. The molecule has 6 nitrogen and oxygen atoms in total. The molecule has 1 atom stereocenters. The Hall–Kier alpha value is -2.22. The number of fused-ring (bicyclic) bond motifs is 1. The third-order valence-corrected chi connectivity index (χ3v) is 6.07. The first-order chi connectivity index (χ1) is 13.8. The maximum absolute atomic E-state index is 12.2. The Morgan fingerprint density at radius 1 is 1.21 bits per heavy atom. The molecule has 1 N–H and O–H groups in total. The molecule has 0 aromatic heterocycles. The number of benzene rings is 2. The highest BCUT2D eigenvalue weighted by molar-refractivity contribution is 8.00. The third-order valence-electron chi connectivity index (χ3n) is 4.28. The number of nitrogens with zero attached hydrogens (tertiary/aromatic N) is 1. The van der Waals surface area contributed by atoms with Gasteiger partial charge in [-0.25, -0.2) is 0 Å². The molecule has 1 aliphatic heterocycles. The van der Waals surface area contributed by atoms with Crippen LogP contribution >= 0.6 is 35.0 Å². The summed E-state index contributed by atoms with van der Waals surface area (Å²) in [6, 6.07) is 12.1. The van der Waals surface area contributed by atoms with E-state index in [1.165, 1.54) is 16.7 Å². The quantitative estimate of drug-likeness (QED) is 0.673. The number of hydrogen-bond acceptors (Lipinski definition) is 5. The summed E-state index contributed by atoms with van der Waals surface area (Å²) in [7, 11) is 0. The molecule has 3 rings (SSSR count). The van der Waals surface area contributed by atoms with Gasteiger partial charge in [0.05, 0.1) is 27.5 Å². The average Bonchev–Trinajstić information content (AvgIpc) is 2.70. The molecule has 9 heteroatoms. The first-order valence-corrected chi connectivity index (χ1v) is 10.5. The summed E-state index contributed by atoms with van der Waals surface area (Å²) in [6.07, 6.45) is 0. The minimum absolute atomic E-state index is 0.177. The van der Waals surface area contributed by atoms with E-state index in [0.29, 0.717) is 15.7 Å². The molecule has 29 heavy (non-hydrogen) atoms. The van der Waals surface area contributed by atoms with Gasteiger partial charge >= 0.3 is 5.97 Å². The molecule has 2 aromatic carbocycles. The van der Waals surface area contributed by atoms with Crippen LogP contribution in [0, 0.1) is 0 Å². The minimum atomic E-state index is -0.655. The number of amides is 2. The van der Waals surface area contributed by atoms with Crippen molar-refractivity contribution in [3.8, 4) is 0 Å². The summed E-state index contributed by atoms with van der Waals surface area (Å²) in [5.74, 6) is -1.04. The molecule has 0 bridgehead atoms. The van der Waals surface area contributed by atoms with Gasteiger partial charge in [-0.3, -0.25) is 19.3 Å². The SMILES string of the molecule is CC(NC(=O)COC(=O)CN1C(=O)CSc2ccccc21)c1ccc(Cl)c(Cl)c1. The predicted octanol–water partition coefficient (Wildman–Crippen LogP) is 3.85. The lowest BCUT2D eigenvalue weighted by molar-refractivity contribution is -0.147. The Morgan fingerprint density at radius 2 is 1.97 bits per heavy atom. The number of hydrogen-bond donors (Lipinski definition) is 1. The lowest BCUT2D eigenvalue weighted by Crippen LogP contribution is -2.40. The molecule has 0 aliphatic carbocycles. The van der Waals surface area contributed by atoms with Crippen molar-refractivity contribution in [1.29, 1.82) is 0 Å². The number of anilines is 1. The van der Waals surface area contributed by atoms with Gasteiger partial charge in [0.2, 0.25) is 5.91 Å². The van der Waals surface area contributed by atoms with E-state index in [9.17, 15) is 14.4 Å². The van der Waals surface area contributed by atoms with Crippen LogP contribution in [0.15, 0.2) is 47.4 Å². The molecule has 0 spiro atoms. The van der Waals surface area contributed by atoms with E-state index in [2.05, 4.69) is 5.32 Å². The van der Waals surface area contributed by atoms with E-state index in [-0.39, 0.29) is 24.2 Å². The van der Waals surface area contributed by atoms with Gasteiger partial charge in [0.25, 0.3) is 5.91 Å². The van der Waals surface area contributed by atoms with Crippen molar-refractivity contribution in [3.05, 3.63) is 58.1 Å². The molecular formula is C20H18Cl2N2O4S. The molecule has 1 aliphatic rings. The van der Waals surface area contributed by atoms with E-state index in [4.69, 9.17) is 27.9 Å². The standard InChI is InChI=1S/C20H18Cl2N2O4S/c1-12(13-6-7-14(21)15(22)8-13)23-18(25)10-28-20(27)9-24-16-4-2-3-5-17(16)29-11-19(24)26/h2-8,12H,9-11H2,1H3,(H,23,25). The molecule has 2 aromatic rings. The maximum atomic E-state index is 12.2. The molecule has 0 radical (unpaired) electrons. The number of carbonyl (C=O) groups excluding carboxylic acids is 3. The highest BCUT2D eigenvalue weighted by atomic mass is 35.5. The number of para-hydroxylation sites is 1. The van der Waals surface area contributed by atoms with Crippen LogP contribution in [-0.2, 0) is 19.1 Å². The van der Waals surface area contributed by atoms with Crippen LogP contribution in [0.3, 0.4) is 0 Å². The van der Waals surface area contributed by atoms with Crippen molar-refractivity contribution in [2.45, 2.75) is 17.9 Å². The van der Waals surface area contributed by atoms with E-state index in [1.807, 2.05) is 12.1 Å². The van der Waals surface area contributed by atoms with E-state index in [1.54, 1.807) is 37.3 Å². The lowest BCUT2D eigenvalue weighted by atomic mass is 10.1. The first-order valence-electron chi connectivity index (χ1n) is 8.77. The van der Waals surface area contributed by atoms with Crippen LogP contribution in [0.25, 0.3) is 0 Å². The van der Waals surface area contributed by atoms with Gasteiger partial charge in [-0.1, -0.05) is 41.4 Å². The number of rotatable bonds is 6. The minimum Gasteiger partial charge on any atom is -0.454 e.